The maximum absolute atomic E-state index is 13.0. The number of hydrogen-bond acceptors (Lipinski definition) is 11. The van der Waals surface area contributed by atoms with Gasteiger partial charge in [-0.25, -0.2) is 0 Å². The fraction of sp³-hybridized carbons (Fsp3) is 0.750. The van der Waals surface area contributed by atoms with Crippen molar-refractivity contribution in [2.24, 2.45) is 0 Å². The number of unbranched alkanes of at least 4 members (excludes halogenated alkanes) is 1. The number of halogens is 3. The van der Waals surface area contributed by atoms with Gasteiger partial charge in [-0.05, 0) is 12.8 Å². The highest BCUT2D eigenvalue weighted by molar-refractivity contribution is 5.82. The molecule has 200 valence electrons. The molecule has 0 aromatic carbocycles. The van der Waals surface area contributed by atoms with E-state index in [2.05, 4.69) is 4.74 Å². The highest BCUT2D eigenvalue weighted by atomic mass is 19.4. The van der Waals surface area contributed by atoms with E-state index < -0.39 is 73.2 Å². The molecule has 15 heteroatoms. The van der Waals surface area contributed by atoms with E-state index in [-0.39, 0.29) is 19.4 Å². The van der Waals surface area contributed by atoms with E-state index in [1.54, 1.807) is 5.32 Å². The standard InChI is InChI=1S/C20H28F3NO11/c1-10(25)32-9-13-16(33-11(2)26)17(34-12(3)27)15(24-19(29)20(21,22)23)18(35-13)31-8-6-5-7-14(28)30-4/h13,15-18H,5-9H2,1-4H3,(H,24,29). The minimum Gasteiger partial charge on any atom is -0.469 e. The molecule has 0 bridgehead atoms. The Kier molecular flexibility index (Phi) is 11.9. The molecule has 1 saturated heterocycles. The number of rotatable bonds is 11. The third-order valence-corrected chi connectivity index (χ3v) is 4.54. The molecule has 1 aliphatic rings. The quantitative estimate of drug-likeness (QED) is 0.233. The summed E-state index contributed by atoms with van der Waals surface area (Å²) in [5.41, 5.74) is 0. The van der Waals surface area contributed by atoms with Gasteiger partial charge >= 0.3 is 36.0 Å². The molecule has 35 heavy (non-hydrogen) atoms. The van der Waals surface area contributed by atoms with Crippen molar-refractivity contribution in [3.05, 3.63) is 0 Å². The maximum atomic E-state index is 13.0. The number of carbonyl (C=O) groups is 5. The molecule has 1 aliphatic heterocycles. The maximum Gasteiger partial charge on any atom is 0.471 e. The molecule has 1 amide bonds. The number of nitrogens with one attached hydrogen (secondary N) is 1. The lowest BCUT2D eigenvalue weighted by atomic mass is 9.96. The van der Waals surface area contributed by atoms with Gasteiger partial charge in [-0.1, -0.05) is 0 Å². The highest BCUT2D eigenvalue weighted by Crippen LogP contribution is 2.29. The lowest BCUT2D eigenvalue weighted by Gasteiger charge is -2.45. The van der Waals surface area contributed by atoms with Crippen LogP contribution < -0.4 is 5.32 Å². The van der Waals surface area contributed by atoms with Crippen molar-refractivity contribution in [2.45, 2.75) is 76.9 Å². The Balaban J connectivity index is 3.23. The second kappa shape index (κ2) is 13.8. The number of carbonyl (C=O) groups excluding carboxylic acids is 5. The van der Waals surface area contributed by atoms with Crippen molar-refractivity contribution in [1.29, 1.82) is 0 Å². The SMILES string of the molecule is COC(=O)CCCCOC1OC(COC(C)=O)C(OC(C)=O)C(OC(C)=O)C1NC(=O)C(F)(F)F. The summed E-state index contributed by atoms with van der Waals surface area (Å²) >= 11 is 0. The fourth-order valence-corrected chi connectivity index (χ4v) is 3.10. The van der Waals surface area contributed by atoms with Gasteiger partial charge in [0.1, 0.15) is 18.8 Å². The van der Waals surface area contributed by atoms with Gasteiger partial charge in [0.2, 0.25) is 0 Å². The first-order valence-electron chi connectivity index (χ1n) is 10.5. The Morgan fingerprint density at radius 2 is 1.51 bits per heavy atom. The summed E-state index contributed by atoms with van der Waals surface area (Å²) in [5.74, 6) is -5.49. The molecule has 0 aromatic heterocycles. The van der Waals surface area contributed by atoms with Crippen LogP contribution in [0.5, 0.6) is 0 Å². The van der Waals surface area contributed by atoms with Crippen molar-refractivity contribution in [1.82, 2.24) is 5.32 Å². The monoisotopic (exact) mass is 515 g/mol. The largest absolute Gasteiger partial charge is 0.471 e. The van der Waals surface area contributed by atoms with Crippen LogP contribution in [0.2, 0.25) is 0 Å². The molecule has 5 unspecified atom stereocenters. The van der Waals surface area contributed by atoms with Crippen LogP contribution in [-0.4, -0.2) is 86.9 Å². The van der Waals surface area contributed by atoms with Crippen LogP contribution >= 0.6 is 0 Å². The molecule has 12 nitrogen and oxygen atoms in total. The summed E-state index contributed by atoms with van der Waals surface area (Å²) in [6.45, 7) is 2.33. The molecule has 1 fully saturated rings. The zero-order valence-corrected chi connectivity index (χ0v) is 19.5. The molecule has 1 N–H and O–H groups in total. The first-order valence-corrected chi connectivity index (χ1v) is 10.5. The summed E-state index contributed by atoms with van der Waals surface area (Å²) in [6, 6.07) is -1.77. The summed E-state index contributed by atoms with van der Waals surface area (Å²) in [7, 11) is 1.21. The number of ether oxygens (including phenoxy) is 6. The van der Waals surface area contributed by atoms with Gasteiger partial charge < -0.3 is 33.7 Å². The lowest BCUT2D eigenvalue weighted by molar-refractivity contribution is -0.279. The summed E-state index contributed by atoms with van der Waals surface area (Å²) in [4.78, 5) is 57.6. The first-order chi connectivity index (χ1) is 16.3. The van der Waals surface area contributed by atoms with Crippen LogP contribution in [-0.2, 0) is 52.4 Å². The predicted octanol–water partition coefficient (Wildman–Crippen LogP) is 0.545. The van der Waals surface area contributed by atoms with Crippen molar-refractivity contribution in [3.63, 3.8) is 0 Å². The highest BCUT2D eigenvalue weighted by Gasteiger charge is 2.53. The van der Waals surface area contributed by atoms with Gasteiger partial charge in [0.25, 0.3) is 0 Å². The Labute approximate surface area is 198 Å². The molecule has 0 spiro atoms. The van der Waals surface area contributed by atoms with E-state index in [1.165, 1.54) is 7.11 Å². The van der Waals surface area contributed by atoms with Crippen LogP contribution in [0.3, 0.4) is 0 Å². The van der Waals surface area contributed by atoms with Crippen LogP contribution in [0, 0.1) is 0 Å². The molecule has 0 radical (unpaired) electrons. The van der Waals surface area contributed by atoms with Crippen LogP contribution in [0.1, 0.15) is 40.0 Å². The predicted molar refractivity (Wildman–Crippen MR) is 106 cm³/mol. The van der Waals surface area contributed by atoms with E-state index in [4.69, 9.17) is 23.7 Å². The number of methoxy groups -OCH3 is 1. The van der Waals surface area contributed by atoms with Crippen molar-refractivity contribution in [2.75, 3.05) is 20.3 Å². The molecular formula is C20H28F3NO11. The first kappa shape index (κ1) is 30.1. The summed E-state index contributed by atoms with van der Waals surface area (Å²) in [5, 5.41) is 1.66. The van der Waals surface area contributed by atoms with Crippen molar-refractivity contribution < 1.29 is 65.6 Å². The second-order valence-electron chi connectivity index (χ2n) is 7.39. The number of amides is 1. The van der Waals surface area contributed by atoms with Crippen molar-refractivity contribution in [3.8, 4) is 0 Å². The van der Waals surface area contributed by atoms with Crippen LogP contribution in [0.25, 0.3) is 0 Å². The van der Waals surface area contributed by atoms with Crippen LogP contribution in [0.4, 0.5) is 13.2 Å². The Hall–Kier alpha value is -2.94. The molecule has 0 aromatic rings. The Morgan fingerprint density at radius 3 is 2.03 bits per heavy atom. The third kappa shape index (κ3) is 10.5. The number of hydrogen-bond donors (Lipinski definition) is 1. The van der Waals surface area contributed by atoms with E-state index in [1.807, 2.05) is 0 Å². The fourth-order valence-electron chi connectivity index (χ4n) is 3.10. The number of esters is 4. The molecular weight excluding hydrogens is 487 g/mol. The number of alkyl halides is 3. The zero-order valence-electron chi connectivity index (χ0n) is 19.5. The smallest absolute Gasteiger partial charge is 0.469 e. The lowest BCUT2D eigenvalue weighted by Crippen LogP contribution is -2.67. The molecule has 0 aliphatic carbocycles. The summed E-state index contributed by atoms with van der Waals surface area (Å²) in [6.07, 6.45) is -10.9. The molecule has 1 rings (SSSR count). The minimum atomic E-state index is -5.31. The van der Waals surface area contributed by atoms with Gasteiger partial charge in [-0.3, -0.25) is 24.0 Å². The molecule has 0 saturated carbocycles. The topological polar surface area (TPSA) is 153 Å². The summed E-state index contributed by atoms with van der Waals surface area (Å²) < 4.78 is 69.7. The second-order valence-corrected chi connectivity index (χ2v) is 7.39. The van der Waals surface area contributed by atoms with Gasteiger partial charge in [-0.15, -0.1) is 0 Å². The average molecular weight is 515 g/mol. The van der Waals surface area contributed by atoms with E-state index in [0.29, 0.717) is 6.42 Å². The van der Waals surface area contributed by atoms with E-state index >= 15 is 0 Å². The van der Waals surface area contributed by atoms with Crippen LogP contribution in [0.15, 0.2) is 0 Å². The van der Waals surface area contributed by atoms with E-state index in [9.17, 15) is 37.1 Å². The third-order valence-electron chi connectivity index (χ3n) is 4.54. The Bertz CT molecular complexity index is 774. The van der Waals surface area contributed by atoms with Gasteiger partial charge in [0, 0.05) is 33.8 Å². The van der Waals surface area contributed by atoms with Gasteiger partial charge in [0.05, 0.1) is 7.11 Å². The molecule has 5 atom stereocenters. The normalized spacial score (nSPS) is 24.1. The van der Waals surface area contributed by atoms with E-state index in [0.717, 1.165) is 20.8 Å². The van der Waals surface area contributed by atoms with Gasteiger partial charge in [-0.2, -0.15) is 13.2 Å². The van der Waals surface area contributed by atoms with Crippen molar-refractivity contribution >= 4 is 29.8 Å². The minimum absolute atomic E-state index is 0.0549. The average Bonchev–Trinajstić information content (AvgIpc) is 2.74. The van der Waals surface area contributed by atoms with Gasteiger partial charge in [0.15, 0.2) is 18.5 Å². The zero-order chi connectivity index (χ0) is 26.8. The Morgan fingerprint density at radius 1 is 0.914 bits per heavy atom. The molecule has 1 heterocycles.